The summed E-state index contributed by atoms with van der Waals surface area (Å²) in [5, 5.41) is 0. The van der Waals surface area contributed by atoms with E-state index in [9.17, 15) is 8.42 Å². The fourth-order valence-electron chi connectivity index (χ4n) is 1.92. The average Bonchev–Trinajstić information content (AvgIpc) is 2.41. The molecule has 5 nitrogen and oxygen atoms in total. The van der Waals surface area contributed by atoms with Crippen molar-refractivity contribution in [2.75, 3.05) is 26.6 Å². The van der Waals surface area contributed by atoms with Crippen molar-refractivity contribution >= 4 is 19.7 Å². The minimum Gasteiger partial charge on any atom is -0.493 e. The molecule has 21 heavy (non-hydrogen) atoms. The van der Waals surface area contributed by atoms with E-state index in [0.717, 1.165) is 5.56 Å². The molecule has 1 aromatic carbocycles. The SMILES string of the molecule is CCC(COc1c(OC)cc(C)cc1OC)CS(=O)(=O)Cl. The highest BCUT2D eigenvalue weighted by Gasteiger charge is 2.19. The van der Waals surface area contributed by atoms with Gasteiger partial charge in [0.15, 0.2) is 11.5 Å². The number of aryl methyl sites for hydroxylation is 1. The molecular formula is C14H21ClO5S. The molecule has 0 fully saturated rings. The van der Waals surface area contributed by atoms with Gasteiger partial charge in [0.25, 0.3) is 0 Å². The normalized spacial score (nSPS) is 12.8. The molecule has 0 spiro atoms. The Kier molecular flexibility index (Phi) is 6.61. The smallest absolute Gasteiger partial charge is 0.232 e. The number of hydrogen-bond acceptors (Lipinski definition) is 5. The van der Waals surface area contributed by atoms with E-state index in [1.165, 1.54) is 0 Å². The van der Waals surface area contributed by atoms with Crippen molar-refractivity contribution in [3.05, 3.63) is 17.7 Å². The number of rotatable bonds is 8. The summed E-state index contributed by atoms with van der Waals surface area (Å²) < 4.78 is 38.6. The van der Waals surface area contributed by atoms with E-state index in [0.29, 0.717) is 23.7 Å². The number of methoxy groups -OCH3 is 2. The van der Waals surface area contributed by atoms with Gasteiger partial charge in [0.05, 0.1) is 26.6 Å². The third-order valence-electron chi connectivity index (χ3n) is 3.08. The molecule has 0 aliphatic carbocycles. The van der Waals surface area contributed by atoms with Gasteiger partial charge in [0.2, 0.25) is 14.8 Å². The molecule has 0 amide bonds. The van der Waals surface area contributed by atoms with Crippen molar-refractivity contribution in [2.45, 2.75) is 20.3 Å². The first-order valence-electron chi connectivity index (χ1n) is 6.58. The van der Waals surface area contributed by atoms with Crippen molar-refractivity contribution < 1.29 is 22.6 Å². The van der Waals surface area contributed by atoms with Crippen LogP contribution in [-0.4, -0.2) is 35.0 Å². The van der Waals surface area contributed by atoms with E-state index in [4.69, 9.17) is 24.9 Å². The number of halogens is 1. The van der Waals surface area contributed by atoms with Crippen LogP contribution in [0, 0.1) is 12.8 Å². The van der Waals surface area contributed by atoms with Crippen LogP contribution < -0.4 is 14.2 Å². The maximum Gasteiger partial charge on any atom is 0.232 e. The van der Waals surface area contributed by atoms with Crippen molar-refractivity contribution in [3.63, 3.8) is 0 Å². The van der Waals surface area contributed by atoms with E-state index >= 15 is 0 Å². The van der Waals surface area contributed by atoms with Gasteiger partial charge in [0.1, 0.15) is 0 Å². The molecule has 1 aromatic rings. The van der Waals surface area contributed by atoms with E-state index in [1.807, 2.05) is 26.0 Å². The van der Waals surface area contributed by atoms with Crippen LogP contribution in [0.4, 0.5) is 0 Å². The fraction of sp³-hybridized carbons (Fsp3) is 0.571. The highest BCUT2D eigenvalue weighted by Crippen LogP contribution is 2.38. The first kappa shape index (κ1) is 17.9. The maximum absolute atomic E-state index is 11.2. The van der Waals surface area contributed by atoms with Gasteiger partial charge < -0.3 is 14.2 Å². The summed E-state index contributed by atoms with van der Waals surface area (Å²) in [5.41, 5.74) is 0.978. The zero-order valence-corrected chi connectivity index (χ0v) is 14.3. The van der Waals surface area contributed by atoms with E-state index in [1.54, 1.807) is 14.2 Å². The van der Waals surface area contributed by atoms with Crippen LogP contribution in [0.1, 0.15) is 18.9 Å². The lowest BCUT2D eigenvalue weighted by Gasteiger charge is -2.18. The van der Waals surface area contributed by atoms with Crippen molar-refractivity contribution in [3.8, 4) is 17.2 Å². The zero-order valence-electron chi connectivity index (χ0n) is 12.7. The van der Waals surface area contributed by atoms with Crippen molar-refractivity contribution in [1.82, 2.24) is 0 Å². The maximum atomic E-state index is 11.2. The van der Waals surface area contributed by atoms with Gasteiger partial charge >= 0.3 is 0 Å². The van der Waals surface area contributed by atoms with Crippen LogP contribution in [-0.2, 0) is 9.05 Å². The molecule has 0 heterocycles. The molecular weight excluding hydrogens is 316 g/mol. The van der Waals surface area contributed by atoms with Gasteiger partial charge in [-0.25, -0.2) is 8.42 Å². The van der Waals surface area contributed by atoms with Crippen molar-refractivity contribution in [1.29, 1.82) is 0 Å². The first-order valence-corrected chi connectivity index (χ1v) is 9.06. The molecule has 7 heteroatoms. The molecule has 0 aliphatic rings. The third kappa shape index (κ3) is 5.63. The minimum atomic E-state index is -3.55. The fourth-order valence-corrected chi connectivity index (χ4v) is 3.35. The average molecular weight is 337 g/mol. The van der Waals surface area contributed by atoms with Crippen LogP contribution >= 0.6 is 10.7 Å². The second-order valence-corrected chi connectivity index (χ2v) is 7.61. The zero-order chi connectivity index (χ0) is 16.0. The quantitative estimate of drug-likeness (QED) is 0.683. The van der Waals surface area contributed by atoms with Gasteiger partial charge in [-0.2, -0.15) is 0 Å². The predicted octanol–water partition coefficient (Wildman–Crippen LogP) is 2.99. The Morgan fingerprint density at radius 2 is 1.71 bits per heavy atom. The summed E-state index contributed by atoms with van der Waals surface area (Å²) in [6.07, 6.45) is 0.641. The highest BCUT2D eigenvalue weighted by molar-refractivity contribution is 8.13. The number of ether oxygens (including phenoxy) is 3. The summed E-state index contributed by atoms with van der Waals surface area (Å²) in [7, 11) is 4.83. The lowest BCUT2D eigenvalue weighted by Crippen LogP contribution is -2.19. The molecule has 1 rings (SSSR count). The molecule has 0 radical (unpaired) electrons. The predicted molar refractivity (Wildman–Crippen MR) is 83.2 cm³/mol. The van der Waals surface area contributed by atoms with E-state index in [-0.39, 0.29) is 18.3 Å². The second-order valence-electron chi connectivity index (χ2n) is 4.79. The largest absolute Gasteiger partial charge is 0.493 e. The van der Waals surface area contributed by atoms with E-state index in [2.05, 4.69) is 0 Å². The van der Waals surface area contributed by atoms with Gasteiger partial charge in [-0.3, -0.25) is 0 Å². The Labute approximate surface area is 130 Å². The van der Waals surface area contributed by atoms with Gasteiger partial charge in [0, 0.05) is 16.6 Å². The van der Waals surface area contributed by atoms with Gasteiger partial charge in [-0.05, 0) is 31.0 Å². The van der Waals surface area contributed by atoms with Crippen molar-refractivity contribution in [2.24, 2.45) is 5.92 Å². The van der Waals surface area contributed by atoms with Crippen LogP contribution in [0.15, 0.2) is 12.1 Å². The molecule has 0 aromatic heterocycles. The van der Waals surface area contributed by atoms with Crippen LogP contribution in [0.25, 0.3) is 0 Å². The molecule has 0 N–H and O–H groups in total. The molecule has 0 saturated heterocycles. The molecule has 120 valence electrons. The highest BCUT2D eigenvalue weighted by atomic mass is 35.7. The first-order chi connectivity index (χ1) is 9.80. The Hall–Kier alpha value is -1.14. The van der Waals surface area contributed by atoms with Crippen LogP contribution in [0.3, 0.4) is 0 Å². The van der Waals surface area contributed by atoms with E-state index < -0.39 is 9.05 Å². The van der Waals surface area contributed by atoms with Crippen LogP contribution in [0.5, 0.6) is 17.2 Å². The topological polar surface area (TPSA) is 61.8 Å². The molecule has 0 aliphatic heterocycles. The Bertz CT molecular complexity index is 546. The lowest BCUT2D eigenvalue weighted by atomic mass is 10.1. The van der Waals surface area contributed by atoms with Crippen LogP contribution in [0.2, 0.25) is 0 Å². The summed E-state index contributed by atoms with van der Waals surface area (Å²) in [5.74, 6) is 1.26. The summed E-state index contributed by atoms with van der Waals surface area (Å²) in [6.45, 7) is 4.03. The molecule has 1 atom stereocenters. The minimum absolute atomic E-state index is 0.123. The standard InChI is InChI=1S/C14H21ClO5S/c1-5-11(9-21(15,16)17)8-20-14-12(18-3)6-10(2)7-13(14)19-4/h6-7,11H,5,8-9H2,1-4H3. The van der Waals surface area contributed by atoms with Gasteiger partial charge in [-0.1, -0.05) is 6.92 Å². The second kappa shape index (κ2) is 7.75. The Morgan fingerprint density at radius 1 is 1.19 bits per heavy atom. The third-order valence-corrected chi connectivity index (χ3v) is 4.33. The number of benzene rings is 1. The summed E-state index contributed by atoms with van der Waals surface area (Å²) in [4.78, 5) is 0. The summed E-state index contributed by atoms with van der Waals surface area (Å²) in [6, 6.07) is 3.66. The van der Waals surface area contributed by atoms with Gasteiger partial charge in [-0.15, -0.1) is 0 Å². The molecule has 0 bridgehead atoms. The summed E-state index contributed by atoms with van der Waals surface area (Å²) >= 11 is 0. The Balaban J connectivity index is 2.91. The number of hydrogen-bond donors (Lipinski definition) is 0. The Morgan fingerprint density at radius 3 is 2.10 bits per heavy atom. The molecule has 0 saturated carbocycles. The monoisotopic (exact) mass is 336 g/mol. The lowest BCUT2D eigenvalue weighted by molar-refractivity contribution is 0.234. The molecule has 1 unspecified atom stereocenters.